The molecule has 0 saturated heterocycles. The minimum Gasteiger partial charge on any atom is -0.494 e. The highest BCUT2D eigenvalue weighted by Gasteiger charge is 2.38. The van der Waals surface area contributed by atoms with Crippen LogP contribution in [-0.4, -0.2) is 39.2 Å². The first-order valence-electron chi connectivity index (χ1n) is 16.2. The highest BCUT2D eigenvalue weighted by Crippen LogP contribution is 2.45. The molecular formula is C38H38Cl2N4O3. The van der Waals surface area contributed by atoms with E-state index in [0.717, 1.165) is 66.4 Å². The Hall–Kier alpha value is -4.07. The Morgan fingerprint density at radius 2 is 1.70 bits per heavy atom. The predicted octanol–water partition coefficient (Wildman–Crippen LogP) is 8.94. The molecule has 7 rings (SSSR count). The second-order valence-corrected chi connectivity index (χ2v) is 13.8. The molecule has 3 aromatic carbocycles. The summed E-state index contributed by atoms with van der Waals surface area (Å²) in [5.74, 6) is 0.779. The van der Waals surface area contributed by atoms with Gasteiger partial charge < -0.3 is 14.2 Å². The number of benzene rings is 3. The van der Waals surface area contributed by atoms with Crippen molar-refractivity contribution < 1.29 is 14.3 Å². The number of carbonyl (C=O) groups excluding carboxylic acids is 2. The zero-order valence-electron chi connectivity index (χ0n) is 27.6. The largest absolute Gasteiger partial charge is 0.494 e. The van der Waals surface area contributed by atoms with Crippen molar-refractivity contribution in [3.8, 4) is 16.9 Å². The van der Waals surface area contributed by atoms with Crippen LogP contribution in [0, 0.1) is 27.7 Å². The van der Waals surface area contributed by atoms with Gasteiger partial charge in [-0.25, -0.2) is 0 Å². The zero-order valence-corrected chi connectivity index (χ0v) is 29.1. The number of aromatic nitrogens is 3. The van der Waals surface area contributed by atoms with Crippen molar-refractivity contribution in [1.29, 1.82) is 0 Å². The van der Waals surface area contributed by atoms with E-state index >= 15 is 0 Å². The third-order valence-electron chi connectivity index (χ3n) is 9.88. The van der Waals surface area contributed by atoms with E-state index in [2.05, 4.69) is 11.5 Å². The van der Waals surface area contributed by atoms with Crippen molar-refractivity contribution in [2.45, 2.75) is 66.3 Å². The normalized spacial score (nSPS) is 15.9. The van der Waals surface area contributed by atoms with Crippen LogP contribution in [0.15, 0.2) is 42.5 Å². The molecule has 2 aliphatic rings. The van der Waals surface area contributed by atoms with Crippen LogP contribution in [-0.2, 0) is 19.9 Å². The maximum Gasteiger partial charge on any atom is 0.275 e. The summed E-state index contributed by atoms with van der Waals surface area (Å²) in [6.45, 7) is 11.1. The molecule has 1 atom stereocenters. The quantitative estimate of drug-likeness (QED) is 0.162. The lowest BCUT2D eigenvalue weighted by Gasteiger charge is -2.35. The van der Waals surface area contributed by atoms with E-state index in [1.54, 1.807) is 0 Å². The Bertz CT molecular complexity index is 2100. The SMILES string of the molecule is Cc1cc(OCCCc2c3n(c4c(-c5c(C)nn(C)c5C)c(Cl)ccc24)C(C)CN(c2cccc4c2C(=O)CC4)C3=O)cc(C)c1Cl. The lowest BCUT2D eigenvalue weighted by molar-refractivity contribution is 0.0957. The molecule has 0 saturated carbocycles. The molecule has 0 N–H and O–H groups in total. The fourth-order valence-electron chi connectivity index (χ4n) is 7.65. The van der Waals surface area contributed by atoms with Gasteiger partial charge >= 0.3 is 0 Å². The number of carbonyl (C=O) groups is 2. The van der Waals surface area contributed by atoms with Gasteiger partial charge in [0, 0.05) is 58.8 Å². The Labute approximate surface area is 285 Å². The minimum atomic E-state index is -0.103. The third-order valence-corrected chi connectivity index (χ3v) is 10.8. The third kappa shape index (κ3) is 5.06. The number of nitrogens with zero attached hydrogens (tertiary/aromatic N) is 4. The molecule has 0 spiro atoms. The first-order valence-corrected chi connectivity index (χ1v) is 17.0. The second-order valence-electron chi connectivity index (χ2n) is 13.0. The maximum atomic E-state index is 14.8. The van der Waals surface area contributed by atoms with E-state index in [-0.39, 0.29) is 17.7 Å². The summed E-state index contributed by atoms with van der Waals surface area (Å²) in [6, 6.07) is 13.7. The molecule has 0 radical (unpaired) electrons. The Morgan fingerprint density at radius 3 is 2.40 bits per heavy atom. The van der Waals surface area contributed by atoms with Gasteiger partial charge in [-0.05, 0) is 100 Å². The van der Waals surface area contributed by atoms with E-state index in [0.29, 0.717) is 60.8 Å². The molecule has 47 heavy (non-hydrogen) atoms. The van der Waals surface area contributed by atoms with Crippen LogP contribution in [0.5, 0.6) is 5.75 Å². The number of hydrogen-bond acceptors (Lipinski definition) is 4. The number of aryl methyl sites for hydroxylation is 6. The summed E-state index contributed by atoms with van der Waals surface area (Å²) in [5, 5.41) is 7.07. The number of ketones is 1. The first kappa shape index (κ1) is 31.5. The number of ether oxygens (including phenoxy) is 1. The summed E-state index contributed by atoms with van der Waals surface area (Å²) >= 11 is 13.4. The van der Waals surface area contributed by atoms with Crippen molar-refractivity contribution >= 4 is 51.5 Å². The molecule has 5 aromatic rings. The first-order chi connectivity index (χ1) is 22.5. The molecule has 1 aliphatic carbocycles. The number of anilines is 1. The molecule has 0 bridgehead atoms. The van der Waals surface area contributed by atoms with Crippen LogP contribution in [0.1, 0.15) is 80.3 Å². The van der Waals surface area contributed by atoms with Crippen molar-refractivity contribution in [2.75, 3.05) is 18.1 Å². The Balaban J connectivity index is 1.36. The molecule has 1 aliphatic heterocycles. The van der Waals surface area contributed by atoms with Gasteiger partial charge in [-0.1, -0.05) is 41.4 Å². The highest BCUT2D eigenvalue weighted by molar-refractivity contribution is 6.35. The van der Waals surface area contributed by atoms with E-state index < -0.39 is 0 Å². The molecule has 2 aromatic heterocycles. The second kappa shape index (κ2) is 11.9. The van der Waals surface area contributed by atoms with Crippen molar-refractivity contribution in [1.82, 2.24) is 14.3 Å². The molecular weight excluding hydrogens is 631 g/mol. The summed E-state index contributed by atoms with van der Waals surface area (Å²) in [4.78, 5) is 29.7. The number of halogens is 2. The molecule has 0 fully saturated rings. The molecule has 1 amide bonds. The number of hydrogen-bond donors (Lipinski definition) is 0. The average Bonchev–Trinajstić information content (AvgIpc) is 3.66. The summed E-state index contributed by atoms with van der Waals surface area (Å²) in [7, 11) is 1.94. The van der Waals surface area contributed by atoms with Gasteiger partial charge in [0.05, 0.1) is 28.5 Å². The summed E-state index contributed by atoms with van der Waals surface area (Å²) in [6.07, 6.45) is 2.50. The van der Waals surface area contributed by atoms with Gasteiger partial charge in [0.15, 0.2) is 5.78 Å². The van der Waals surface area contributed by atoms with Gasteiger partial charge in [-0.3, -0.25) is 14.3 Å². The average molecular weight is 670 g/mol. The number of Topliss-reactive ketones (excluding diaryl/α,β-unsaturated/α-hetero) is 1. The minimum absolute atomic E-state index is 0.0860. The zero-order chi connectivity index (χ0) is 33.3. The topological polar surface area (TPSA) is 69.4 Å². The van der Waals surface area contributed by atoms with E-state index in [1.165, 1.54) is 0 Å². The van der Waals surface area contributed by atoms with Crippen LogP contribution in [0.2, 0.25) is 10.0 Å². The fraction of sp³-hybridized carbons (Fsp3) is 0.342. The number of fused-ring (bicyclic) bond motifs is 4. The van der Waals surface area contributed by atoms with Gasteiger partial charge in [0.1, 0.15) is 11.4 Å². The predicted molar refractivity (Wildman–Crippen MR) is 189 cm³/mol. The fourth-order valence-corrected chi connectivity index (χ4v) is 8.01. The van der Waals surface area contributed by atoms with Crippen molar-refractivity contribution in [3.05, 3.63) is 97.4 Å². The molecule has 3 heterocycles. The Morgan fingerprint density at radius 1 is 0.957 bits per heavy atom. The number of amides is 1. The van der Waals surface area contributed by atoms with Gasteiger partial charge in [0.2, 0.25) is 0 Å². The monoisotopic (exact) mass is 668 g/mol. The lowest BCUT2D eigenvalue weighted by atomic mass is 9.98. The lowest BCUT2D eigenvalue weighted by Crippen LogP contribution is -2.43. The van der Waals surface area contributed by atoms with Gasteiger partial charge in [0.25, 0.3) is 5.91 Å². The van der Waals surface area contributed by atoms with Crippen LogP contribution in [0.3, 0.4) is 0 Å². The van der Waals surface area contributed by atoms with Crippen LogP contribution >= 0.6 is 23.2 Å². The van der Waals surface area contributed by atoms with Crippen LogP contribution in [0.25, 0.3) is 22.0 Å². The highest BCUT2D eigenvalue weighted by atomic mass is 35.5. The number of rotatable bonds is 7. The van der Waals surface area contributed by atoms with E-state index in [1.807, 2.05) is 86.8 Å². The summed E-state index contributed by atoms with van der Waals surface area (Å²) in [5.41, 5.74) is 10.7. The Kier molecular flexibility index (Phi) is 7.96. The maximum absolute atomic E-state index is 14.8. The van der Waals surface area contributed by atoms with Crippen molar-refractivity contribution in [2.24, 2.45) is 7.05 Å². The van der Waals surface area contributed by atoms with E-state index in [4.69, 9.17) is 33.0 Å². The molecule has 7 nitrogen and oxygen atoms in total. The van der Waals surface area contributed by atoms with E-state index in [9.17, 15) is 9.59 Å². The van der Waals surface area contributed by atoms with Crippen LogP contribution < -0.4 is 9.64 Å². The van der Waals surface area contributed by atoms with Gasteiger partial charge in [-0.15, -0.1) is 0 Å². The smallest absolute Gasteiger partial charge is 0.275 e. The summed E-state index contributed by atoms with van der Waals surface area (Å²) < 4.78 is 10.3. The molecule has 1 unspecified atom stereocenters. The van der Waals surface area contributed by atoms with Crippen molar-refractivity contribution in [3.63, 3.8) is 0 Å². The van der Waals surface area contributed by atoms with Crippen LogP contribution in [0.4, 0.5) is 5.69 Å². The molecule has 242 valence electrons. The van der Waals surface area contributed by atoms with Gasteiger partial charge in [-0.2, -0.15) is 5.10 Å². The standard InChI is InChI=1S/C38H38Cl2N4O3/c1-20-17-26(18-21(2)35(20)40)47-16-8-10-27-28-13-14-29(39)34(32-23(4)41-42(6)24(32)5)36(28)44-22(3)19-43(38(46)37(27)44)30-11-7-9-25-12-15-31(45)33(25)30/h7,9,11,13-14,17-18,22H,8,10,12,15-16,19H2,1-6H3. The molecule has 9 heteroatoms.